The van der Waals surface area contributed by atoms with Crippen LogP contribution >= 0.6 is 11.8 Å². The highest BCUT2D eigenvalue weighted by molar-refractivity contribution is 8.00. The third-order valence-electron chi connectivity index (χ3n) is 7.50. The van der Waals surface area contributed by atoms with Crippen LogP contribution in [0.3, 0.4) is 0 Å². The van der Waals surface area contributed by atoms with E-state index in [2.05, 4.69) is 132 Å². The number of carbonyl (C=O) groups is 1. The fourth-order valence-corrected chi connectivity index (χ4v) is 6.82. The molecule has 6 heteroatoms. The highest BCUT2D eigenvalue weighted by Gasteiger charge is 2.37. The minimum absolute atomic E-state index is 0.340. The van der Waals surface area contributed by atoms with Crippen molar-refractivity contribution in [1.82, 2.24) is 4.98 Å². The first-order valence-corrected chi connectivity index (χ1v) is 15.9. The SMILES string of the molecule is CC.COC(=O)[C@H](Cc1ccc(SC(c2ccccc2)(c2ccccc2)c2ccccc2)cc1)Nc1nc2c(o1)CCC=C2. The maximum atomic E-state index is 12.7. The van der Waals surface area contributed by atoms with Crippen LogP contribution in [0.25, 0.3) is 6.08 Å². The van der Waals surface area contributed by atoms with Gasteiger partial charge in [0.15, 0.2) is 0 Å². The van der Waals surface area contributed by atoms with E-state index in [1.54, 1.807) is 0 Å². The third kappa shape index (κ3) is 6.81. The molecule has 5 nitrogen and oxygen atoms in total. The molecule has 1 atom stereocenters. The van der Waals surface area contributed by atoms with Gasteiger partial charge in [-0.2, -0.15) is 4.98 Å². The first-order chi connectivity index (χ1) is 21.7. The number of oxazole rings is 1. The summed E-state index contributed by atoms with van der Waals surface area (Å²) in [5.74, 6) is 0.472. The van der Waals surface area contributed by atoms with Crippen molar-refractivity contribution in [3.8, 4) is 0 Å². The van der Waals surface area contributed by atoms with E-state index < -0.39 is 10.8 Å². The van der Waals surface area contributed by atoms with Gasteiger partial charge in [-0.05, 0) is 46.9 Å². The molecule has 0 aliphatic heterocycles. The molecule has 1 aliphatic carbocycles. The lowest BCUT2D eigenvalue weighted by Crippen LogP contribution is -2.33. The van der Waals surface area contributed by atoms with Gasteiger partial charge in [-0.3, -0.25) is 0 Å². The standard InChI is InChI=1S/C36H32N2O3S.C2H6/c1-40-34(39)32(38-35-37-31-19-11-12-20-33(31)41-35)25-26-21-23-30(24-22-26)42-36(27-13-5-2-6-14-27,28-15-7-3-8-16-28)29-17-9-4-10-18-29;1-2/h2-11,13-19,21-24,32H,12,20,25H2,1H3,(H,37,38);1-2H3/t32-;/m0./s1. The summed E-state index contributed by atoms with van der Waals surface area (Å²) in [6, 6.07) is 40.1. The van der Waals surface area contributed by atoms with Crippen LogP contribution in [-0.2, 0) is 27.1 Å². The lowest BCUT2D eigenvalue weighted by molar-refractivity contribution is -0.141. The second kappa shape index (κ2) is 14.8. The van der Waals surface area contributed by atoms with E-state index in [0.717, 1.165) is 34.8 Å². The summed E-state index contributed by atoms with van der Waals surface area (Å²) in [4.78, 5) is 18.3. The number of allylic oxidation sites excluding steroid dienone is 1. The van der Waals surface area contributed by atoms with Crippen LogP contribution in [0, 0.1) is 0 Å². The van der Waals surface area contributed by atoms with Gasteiger partial charge < -0.3 is 14.5 Å². The summed E-state index contributed by atoms with van der Waals surface area (Å²) in [5, 5.41) is 3.16. The highest BCUT2D eigenvalue weighted by Crippen LogP contribution is 2.51. The van der Waals surface area contributed by atoms with E-state index in [-0.39, 0.29) is 5.97 Å². The molecule has 1 heterocycles. The molecule has 0 spiro atoms. The van der Waals surface area contributed by atoms with Crippen molar-refractivity contribution < 1.29 is 13.9 Å². The second-order valence-electron chi connectivity index (χ2n) is 10.2. The zero-order chi connectivity index (χ0) is 30.8. The minimum atomic E-state index is -0.630. The summed E-state index contributed by atoms with van der Waals surface area (Å²) in [7, 11) is 1.40. The van der Waals surface area contributed by atoms with Crippen LogP contribution < -0.4 is 5.32 Å². The summed E-state index contributed by atoms with van der Waals surface area (Å²) in [6.45, 7) is 4.00. The summed E-state index contributed by atoms with van der Waals surface area (Å²) >= 11 is 1.81. The molecule has 4 aromatic carbocycles. The van der Waals surface area contributed by atoms with Gasteiger partial charge >= 0.3 is 5.97 Å². The Labute approximate surface area is 264 Å². The maximum absolute atomic E-state index is 12.7. The average molecular weight is 603 g/mol. The van der Waals surface area contributed by atoms with E-state index >= 15 is 0 Å². The molecule has 0 amide bonds. The number of hydrogen-bond acceptors (Lipinski definition) is 6. The van der Waals surface area contributed by atoms with Crippen LogP contribution in [-0.4, -0.2) is 24.1 Å². The zero-order valence-electron chi connectivity index (χ0n) is 25.4. The number of carbonyl (C=O) groups excluding carboxylic acids is 1. The van der Waals surface area contributed by atoms with E-state index in [9.17, 15) is 4.79 Å². The Bertz CT molecular complexity index is 1550. The summed E-state index contributed by atoms with van der Waals surface area (Å²) in [5.41, 5.74) is 5.43. The van der Waals surface area contributed by atoms with Crippen LogP contribution in [0.15, 0.2) is 131 Å². The Balaban J connectivity index is 0.00000188. The number of aryl methyl sites for hydroxylation is 1. The number of esters is 1. The van der Waals surface area contributed by atoms with Gasteiger partial charge in [-0.25, -0.2) is 4.79 Å². The van der Waals surface area contributed by atoms with E-state index in [1.165, 1.54) is 23.8 Å². The van der Waals surface area contributed by atoms with E-state index in [4.69, 9.17) is 9.15 Å². The van der Waals surface area contributed by atoms with Gasteiger partial charge in [0, 0.05) is 17.7 Å². The monoisotopic (exact) mass is 602 g/mol. The number of nitrogens with zero attached hydrogens (tertiary/aromatic N) is 1. The molecule has 0 fully saturated rings. The molecular formula is C38H38N2O3S. The van der Waals surface area contributed by atoms with Crippen molar-refractivity contribution in [1.29, 1.82) is 0 Å². The topological polar surface area (TPSA) is 64.4 Å². The number of fused-ring (bicyclic) bond motifs is 1. The Morgan fingerprint density at radius 2 is 1.41 bits per heavy atom. The normalized spacial score (nSPS) is 12.8. The fourth-order valence-electron chi connectivity index (χ4n) is 5.43. The average Bonchev–Trinajstić information content (AvgIpc) is 3.52. The van der Waals surface area contributed by atoms with Gasteiger partial charge in [-0.15, -0.1) is 11.8 Å². The van der Waals surface area contributed by atoms with Crippen molar-refractivity contribution in [3.05, 3.63) is 155 Å². The number of aromatic nitrogens is 1. The molecule has 0 saturated heterocycles. The van der Waals surface area contributed by atoms with E-state index in [1.807, 2.05) is 31.7 Å². The largest absolute Gasteiger partial charge is 0.467 e. The lowest BCUT2D eigenvalue weighted by Gasteiger charge is -2.35. The van der Waals surface area contributed by atoms with Crippen LogP contribution in [0.1, 0.15) is 54.0 Å². The van der Waals surface area contributed by atoms with Gasteiger partial charge in [0.25, 0.3) is 6.01 Å². The number of methoxy groups -OCH3 is 1. The maximum Gasteiger partial charge on any atom is 0.328 e. The molecule has 1 N–H and O–H groups in total. The van der Waals surface area contributed by atoms with Crippen LogP contribution in [0.2, 0.25) is 0 Å². The van der Waals surface area contributed by atoms with Crippen molar-refractivity contribution in [2.45, 2.75) is 48.8 Å². The number of thioether (sulfide) groups is 1. The molecule has 0 radical (unpaired) electrons. The van der Waals surface area contributed by atoms with Gasteiger partial charge in [0.05, 0.1) is 11.9 Å². The smallest absolute Gasteiger partial charge is 0.328 e. The van der Waals surface area contributed by atoms with Crippen LogP contribution in [0.5, 0.6) is 0 Å². The van der Waals surface area contributed by atoms with Crippen molar-refractivity contribution in [2.75, 3.05) is 12.4 Å². The molecular weight excluding hydrogens is 564 g/mol. The Morgan fingerprint density at radius 1 is 0.864 bits per heavy atom. The number of rotatable bonds is 10. The van der Waals surface area contributed by atoms with Crippen molar-refractivity contribution >= 4 is 29.8 Å². The predicted molar refractivity (Wildman–Crippen MR) is 180 cm³/mol. The van der Waals surface area contributed by atoms with Gasteiger partial charge in [0.2, 0.25) is 0 Å². The molecule has 1 aromatic heterocycles. The number of hydrogen-bond donors (Lipinski definition) is 1. The van der Waals surface area contributed by atoms with Gasteiger partial charge in [-0.1, -0.05) is 123 Å². The molecule has 44 heavy (non-hydrogen) atoms. The number of nitrogens with one attached hydrogen (secondary N) is 1. The van der Waals surface area contributed by atoms with Gasteiger partial charge in [0.1, 0.15) is 17.5 Å². The Hall–Kier alpha value is -4.55. The fraction of sp³-hybridized carbons (Fsp3) is 0.211. The first kappa shape index (κ1) is 30.9. The molecule has 224 valence electrons. The second-order valence-corrected chi connectivity index (χ2v) is 11.5. The Morgan fingerprint density at radius 3 is 1.91 bits per heavy atom. The van der Waals surface area contributed by atoms with Crippen molar-refractivity contribution in [3.63, 3.8) is 0 Å². The van der Waals surface area contributed by atoms with Crippen molar-refractivity contribution in [2.24, 2.45) is 0 Å². The number of ether oxygens (including phenoxy) is 1. The summed E-state index contributed by atoms with van der Waals surface area (Å²) in [6.07, 6.45) is 6.19. The first-order valence-electron chi connectivity index (χ1n) is 15.1. The van der Waals surface area contributed by atoms with E-state index in [0.29, 0.717) is 12.4 Å². The number of benzene rings is 4. The minimum Gasteiger partial charge on any atom is -0.467 e. The number of anilines is 1. The molecule has 1 aliphatic rings. The highest BCUT2D eigenvalue weighted by atomic mass is 32.2. The molecule has 6 rings (SSSR count). The zero-order valence-corrected chi connectivity index (χ0v) is 26.2. The molecule has 5 aromatic rings. The predicted octanol–water partition coefficient (Wildman–Crippen LogP) is 8.94. The lowest BCUT2D eigenvalue weighted by atomic mass is 9.84. The third-order valence-corrected chi connectivity index (χ3v) is 9.02. The molecule has 0 bridgehead atoms. The summed E-state index contributed by atoms with van der Waals surface area (Å²) < 4.78 is 10.5. The Kier molecular flexibility index (Phi) is 10.4. The quantitative estimate of drug-likeness (QED) is 0.0978. The van der Waals surface area contributed by atoms with Crippen LogP contribution in [0.4, 0.5) is 6.01 Å². The molecule has 0 unspecified atom stereocenters. The molecule has 0 saturated carbocycles.